The van der Waals surface area contributed by atoms with Crippen molar-refractivity contribution < 1.29 is 9.59 Å². The number of carbonyl (C=O) groups is 2. The molecule has 26 heavy (non-hydrogen) atoms. The summed E-state index contributed by atoms with van der Waals surface area (Å²) < 4.78 is 0.539. The van der Waals surface area contributed by atoms with Crippen molar-refractivity contribution in [2.75, 3.05) is 19.6 Å². The summed E-state index contributed by atoms with van der Waals surface area (Å²) in [6, 6.07) is 8.02. The summed E-state index contributed by atoms with van der Waals surface area (Å²) in [7, 11) is 0. The first kappa shape index (κ1) is 19.1. The molecule has 0 spiro atoms. The van der Waals surface area contributed by atoms with Gasteiger partial charge in [-0.25, -0.2) is 0 Å². The fraction of sp³-hybridized carbons (Fsp3) is 0.450. The first-order chi connectivity index (χ1) is 12.5. The van der Waals surface area contributed by atoms with E-state index in [-0.39, 0.29) is 11.8 Å². The fourth-order valence-electron chi connectivity index (χ4n) is 3.19. The molecule has 6 heteroatoms. The third-order valence-electron chi connectivity index (χ3n) is 4.76. The van der Waals surface area contributed by atoms with Crippen LogP contribution in [0.4, 0.5) is 0 Å². The highest BCUT2D eigenvalue weighted by molar-refractivity contribution is 8.26. The van der Waals surface area contributed by atoms with E-state index in [1.165, 1.54) is 30.2 Å². The monoisotopic (exact) mass is 388 g/mol. The predicted octanol–water partition coefficient (Wildman–Crippen LogP) is 3.99. The SMILES string of the molecule is Cc1ccc(/C=C2\SC(=S)N(CCC(=O)N3CCCCCC3)C2=O)cc1. The van der Waals surface area contributed by atoms with Gasteiger partial charge in [-0.05, 0) is 31.4 Å². The van der Waals surface area contributed by atoms with Gasteiger partial charge in [-0.2, -0.15) is 0 Å². The van der Waals surface area contributed by atoms with Crippen LogP contribution in [0.3, 0.4) is 0 Å². The average Bonchev–Trinajstić information content (AvgIpc) is 2.83. The van der Waals surface area contributed by atoms with E-state index < -0.39 is 0 Å². The van der Waals surface area contributed by atoms with Crippen LogP contribution in [0.25, 0.3) is 6.08 Å². The number of likely N-dealkylation sites (tertiary alicyclic amines) is 1. The molecule has 0 saturated carbocycles. The number of nitrogens with zero attached hydrogens (tertiary/aromatic N) is 2. The number of aryl methyl sites for hydroxylation is 1. The Hall–Kier alpha value is -1.66. The molecular weight excluding hydrogens is 364 g/mol. The maximum atomic E-state index is 12.7. The van der Waals surface area contributed by atoms with E-state index in [0.717, 1.165) is 31.5 Å². The molecule has 3 rings (SSSR count). The minimum atomic E-state index is -0.0933. The van der Waals surface area contributed by atoms with Crippen LogP contribution in [0, 0.1) is 6.92 Å². The number of thioether (sulfide) groups is 1. The fourth-order valence-corrected chi connectivity index (χ4v) is 4.50. The maximum absolute atomic E-state index is 12.7. The van der Waals surface area contributed by atoms with E-state index in [9.17, 15) is 9.59 Å². The van der Waals surface area contributed by atoms with Gasteiger partial charge in [-0.15, -0.1) is 0 Å². The summed E-state index contributed by atoms with van der Waals surface area (Å²) >= 11 is 6.68. The molecule has 2 aliphatic heterocycles. The van der Waals surface area contributed by atoms with Crippen molar-refractivity contribution in [3.05, 3.63) is 40.3 Å². The van der Waals surface area contributed by atoms with Gasteiger partial charge in [0, 0.05) is 26.1 Å². The Morgan fingerprint density at radius 3 is 2.46 bits per heavy atom. The molecule has 2 amide bonds. The van der Waals surface area contributed by atoms with Crippen molar-refractivity contribution in [1.82, 2.24) is 9.80 Å². The minimum absolute atomic E-state index is 0.0933. The Labute approximate surface area is 164 Å². The maximum Gasteiger partial charge on any atom is 0.266 e. The Morgan fingerprint density at radius 2 is 1.81 bits per heavy atom. The van der Waals surface area contributed by atoms with Crippen molar-refractivity contribution in [3.8, 4) is 0 Å². The molecule has 2 saturated heterocycles. The molecule has 4 nitrogen and oxygen atoms in total. The normalized spacial score (nSPS) is 20.0. The van der Waals surface area contributed by atoms with Gasteiger partial charge in [-0.3, -0.25) is 14.5 Å². The van der Waals surface area contributed by atoms with Crippen LogP contribution in [0.5, 0.6) is 0 Å². The Balaban J connectivity index is 1.60. The first-order valence-electron chi connectivity index (χ1n) is 9.14. The zero-order valence-corrected chi connectivity index (χ0v) is 16.7. The van der Waals surface area contributed by atoms with E-state index >= 15 is 0 Å². The highest BCUT2D eigenvalue weighted by Gasteiger charge is 2.32. The van der Waals surface area contributed by atoms with Crippen LogP contribution >= 0.6 is 24.0 Å². The molecule has 0 radical (unpaired) electrons. The smallest absolute Gasteiger partial charge is 0.266 e. The topological polar surface area (TPSA) is 40.6 Å². The average molecular weight is 389 g/mol. The van der Waals surface area contributed by atoms with Crippen LogP contribution in [-0.2, 0) is 9.59 Å². The minimum Gasteiger partial charge on any atom is -0.343 e. The van der Waals surface area contributed by atoms with Crippen molar-refractivity contribution >= 4 is 46.2 Å². The van der Waals surface area contributed by atoms with Gasteiger partial charge in [0.05, 0.1) is 4.91 Å². The predicted molar refractivity (Wildman–Crippen MR) is 111 cm³/mol. The molecule has 0 atom stereocenters. The van der Waals surface area contributed by atoms with Gasteiger partial charge in [0.1, 0.15) is 4.32 Å². The van der Waals surface area contributed by atoms with Crippen LogP contribution in [-0.4, -0.2) is 45.6 Å². The summed E-state index contributed by atoms with van der Waals surface area (Å²) in [6.45, 7) is 4.07. The summed E-state index contributed by atoms with van der Waals surface area (Å²) in [5.41, 5.74) is 2.17. The van der Waals surface area contributed by atoms with Crippen molar-refractivity contribution in [1.29, 1.82) is 0 Å². The van der Waals surface area contributed by atoms with Gasteiger partial charge >= 0.3 is 0 Å². The summed E-state index contributed by atoms with van der Waals surface area (Å²) in [5.74, 6) is 0.0349. The van der Waals surface area contributed by atoms with Gasteiger partial charge in [0.15, 0.2) is 0 Å². The number of rotatable bonds is 4. The molecule has 0 aliphatic carbocycles. The number of carbonyl (C=O) groups excluding carboxylic acids is 2. The molecule has 0 bridgehead atoms. The lowest BCUT2D eigenvalue weighted by atomic mass is 10.1. The second kappa shape index (κ2) is 8.82. The Kier molecular flexibility index (Phi) is 6.48. The van der Waals surface area contributed by atoms with Crippen molar-refractivity contribution in [2.45, 2.75) is 39.0 Å². The Morgan fingerprint density at radius 1 is 1.15 bits per heavy atom. The Bertz CT molecular complexity index is 720. The summed E-state index contributed by atoms with van der Waals surface area (Å²) in [4.78, 5) is 29.2. The van der Waals surface area contributed by atoms with Gasteiger partial charge < -0.3 is 4.90 Å². The number of hydrogen-bond donors (Lipinski definition) is 0. The lowest BCUT2D eigenvalue weighted by Gasteiger charge is -2.22. The number of thiocarbonyl (C=S) groups is 1. The molecular formula is C20H24N2O2S2. The van der Waals surface area contributed by atoms with E-state index in [1.807, 2.05) is 42.2 Å². The van der Waals surface area contributed by atoms with Crippen molar-refractivity contribution in [3.63, 3.8) is 0 Å². The lowest BCUT2D eigenvalue weighted by Crippen LogP contribution is -2.36. The zero-order chi connectivity index (χ0) is 18.5. The van der Waals surface area contributed by atoms with Crippen LogP contribution < -0.4 is 0 Å². The first-order valence-corrected chi connectivity index (χ1v) is 10.4. The largest absolute Gasteiger partial charge is 0.343 e. The molecule has 138 valence electrons. The molecule has 1 aromatic carbocycles. The second-order valence-corrected chi connectivity index (χ2v) is 8.46. The molecule has 2 fully saturated rings. The second-order valence-electron chi connectivity index (χ2n) is 6.79. The van der Waals surface area contributed by atoms with E-state index in [4.69, 9.17) is 12.2 Å². The van der Waals surface area contributed by atoms with Crippen LogP contribution in [0.1, 0.15) is 43.2 Å². The highest BCUT2D eigenvalue weighted by Crippen LogP contribution is 2.32. The molecule has 0 N–H and O–H groups in total. The summed E-state index contributed by atoms with van der Waals surface area (Å²) in [6.07, 6.45) is 6.75. The van der Waals surface area contributed by atoms with Crippen molar-refractivity contribution in [2.24, 2.45) is 0 Å². The number of amides is 2. The third-order valence-corrected chi connectivity index (χ3v) is 6.13. The lowest BCUT2D eigenvalue weighted by molar-refractivity contribution is -0.131. The van der Waals surface area contributed by atoms with Crippen LogP contribution in [0.15, 0.2) is 29.2 Å². The van der Waals surface area contributed by atoms with E-state index in [2.05, 4.69) is 0 Å². The van der Waals surface area contributed by atoms with Gasteiger partial charge in [0.25, 0.3) is 5.91 Å². The van der Waals surface area contributed by atoms with Gasteiger partial charge in [0.2, 0.25) is 5.91 Å². The standard InChI is InChI=1S/C20H24N2O2S2/c1-15-6-8-16(9-7-15)14-17-19(24)22(20(25)26-17)13-10-18(23)21-11-4-2-3-5-12-21/h6-9,14H,2-5,10-13H2,1H3/b17-14-. The molecule has 0 unspecified atom stereocenters. The highest BCUT2D eigenvalue weighted by atomic mass is 32.2. The third kappa shape index (κ3) is 4.74. The zero-order valence-electron chi connectivity index (χ0n) is 15.1. The molecule has 2 heterocycles. The number of benzene rings is 1. The number of hydrogen-bond acceptors (Lipinski definition) is 4. The van der Waals surface area contributed by atoms with E-state index in [1.54, 1.807) is 4.90 Å². The molecule has 0 aromatic heterocycles. The summed E-state index contributed by atoms with van der Waals surface area (Å²) in [5, 5.41) is 0. The quantitative estimate of drug-likeness (QED) is 0.578. The van der Waals surface area contributed by atoms with E-state index in [0.29, 0.717) is 22.2 Å². The molecule has 1 aromatic rings. The van der Waals surface area contributed by atoms with Crippen LogP contribution in [0.2, 0.25) is 0 Å². The molecule has 2 aliphatic rings. The van der Waals surface area contributed by atoms with Gasteiger partial charge in [-0.1, -0.05) is 66.7 Å².